The zero-order valence-electron chi connectivity index (χ0n) is 12.5. The highest BCUT2D eigenvalue weighted by atomic mass is 16.5. The Labute approximate surface area is 124 Å². The Hall–Kier alpha value is -1.89. The van der Waals surface area contributed by atoms with Gasteiger partial charge in [-0.3, -0.25) is 4.79 Å². The van der Waals surface area contributed by atoms with Crippen molar-refractivity contribution >= 4 is 17.7 Å². The number of amides is 1. The Morgan fingerprint density at radius 3 is 2.71 bits per heavy atom. The number of rotatable bonds is 3. The lowest BCUT2D eigenvalue weighted by atomic mass is 10.1. The smallest absolute Gasteiger partial charge is 0.227 e. The molecule has 1 N–H and O–H groups in total. The number of nitrogens with one attached hydrogen (secondary N) is 1. The molecule has 3 rings (SSSR count). The second-order valence-electron chi connectivity index (χ2n) is 5.56. The number of ether oxygens (including phenoxy) is 1. The number of carbonyl (C=O) groups excluding carboxylic acids is 1. The number of likely N-dealkylation sites (tertiary alicyclic amines) is 1. The number of carbonyl (C=O) groups is 1. The molecule has 0 saturated carbocycles. The minimum absolute atomic E-state index is 0.126. The van der Waals surface area contributed by atoms with Gasteiger partial charge in [-0.25, -0.2) is 4.98 Å². The fraction of sp³-hybridized carbons (Fsp3) is 0.643. The first-order chi connectivity index (χ1) is 10.1. The van der Waals surface area contributed by atoms with Crippen molar-refractivity contribution in [2.24, 2.45) is 0 Å². The van der Waals surface area contributed by atoms with Gasteiger partial charge in [-0.05, 0) is 6.92 Å². The van der Waals surface area contributed by atoms with Crippen molar-refractivity contribution in [3.05, 3.63) is 11.8 Å². The fourth-order valence-electron chi connectivity index (χ4n) is 2.57. The lowest BCUT2D eigenvalue weighted by molar-refractivity contribution is -0.132. The average molecular weight is 291 g/mol. The average Bonchev–Trinajstić information content (AvgIpc) is 2.42. The predicted octanol–water partition coefficient (Wildman–Crippen LogP) is 0.264. The van der Waals surface area contributed by atoms with Gasteiger partial charge in [0.2, 0.25) is 11.9 Å². The maximum Gasteiger partial charge on any atom is 0.227 e. The zero-order chi connectivity index (χ0) is 14.8. The SMILES string of the molecule is CC(=O)N1CC(Nc2cc(C)nc(N3CCOCC3)n2)C1. The Bertz CT molecular complexity index is 524. The van der Waals surface area contributed by atoms with E-state index in [9.17, 15) is 4.79 Å². The molecule has 114 valence electrons. The Kier molecular flexibility index (Phi) is 3.92. The van der Waals surface area contributed by atoms with Crippen LogP contribution in [0.1, 0.15) is 12.6 Å². The molecule has 2 saturated heterocycles. The van der Waals surface area contributed by atoms with E-state index >= 15 is 0 Å². The van der Waals surface area contributed by atoms with Gasteiger partial charge < -0.3 is 19.9 Å². The summed E-state index contributed by atoms with van der Waals surface area (Å²) in [5.74, 6) is 1.71. The highest BCUT2D eigenvalue weighted by Crippen LogP contribution is 2.18. The molecule has 21 heavy (non-hydrogen) atoms. The molecule has 0 spiro atoms. The van der Waals surface area contributed by atoms with E-state index < -0.39 is 0 Å². The van der Waals surface area contributed by atoms with E-state index in [1.165, 1.54) is 0 Å². The molecule has 3 heterocycles. The molecule has 1 amide bonds. The molecule has 0 bridgehead atoms. The van der Waals surface area contributed by atoms with Crippen molar-refractivity contribution in [3.8, 4) is 0 Å². The third kappa shape index (κ3) is 3.24. The van der Waals surface area contributed by atoms with E-state index in [4.69, 9.17) is 4.74 Å². The quantitative estimate of drug-likeness (QED) is 0.861. The predicted molar refractivity (Wildman–Crippen MR) is 79.5 cm³/mol. The Balaban J connectivity index is 1.65. The van der Waals surface area contributed by atoms with Crippen LogP contribution in [0.5, 0.6) is 0 Å². The minimum Gasteiger partial charge on any atom is -0.378 e. The minimum atomic E-state index is 0.126. The van der Waals surface area contributed by atoms with Gasteiger partial charge in [-0.15, -0.1) is 0 Å². The molecule has 2 aliphatic rings. The Morgan fingerprint density at radius 1 is 1.33 bits per heavy atom. The van der Waals surface area contributed by atoms with Crippen LogP contribution in [0.2, 0.25) is 0 Å². The Morgan fingerprint density at radius 2 is 2.05 bits per heavy atom. The second kappa shape index (κ2) is 5.85. The number of hydrogen-bond donors (Lipinski definition) is 1. The monoisotopic (exact) mass is 291 g/mol. The van der Waals surface area contributed by atoms with Crippen LogP contribution in [0, 0.1) is 6.92 Å². The number of anilines is 2. The first kappa shape index (κ1) is 14.1. The molecule has 1 aromatic heterocycles. The lowest BCUT2D eigenvalue weighted by Crippen LogP contribution is -2.56. The summed E-state index contributed by atoms with van der Waals surface area (Å²) in [6.07, 6.45) is 0. The van der Waals surface area contributed by atoms with E-state index in [1.54, 1.807) is 6.92 Å². The summed E-state index contributed by atoms with van der Waals surface area (Å²) >= 11 is 0. The number of nitrogens with zero attached hydrogens (tertiary/aromatic N) is 4. The van der Waals surface area contributed by atoms with E-state index in [1.807, 2.05) is 17.9 Å². The molecule has 1 aromatic rings. The van der Waals surface area contributed by atoms with Gasteiger partial charge in [-0.1, -0.05) is 0 Å². The van der Waals surface area contributed by atoms with Gasteiger partial charge in [0, 0.05) is 44.9 Å². The van der Waals surface area contributed by atoms with Gasteiger partial charge in [0.15, 0.2) is 0 Å². The lowest BCUT2D eigenvalue weighted by Gasteiger charge is -2.39. The van der Waals surface area contributed by atoms with Crippen LogP contribution in [-0.2, 0) is 9.53 Å². The normalized spacial score (nSPS) is 19.3. The van der Waals surface area contributed by atoms with Crippen LogP contribution in [0.15, 0.2) is 6.07 Å². The van der Waals surface area contributed by atoms with Crippen LogP contribution in [0.4, 0.5) is 11.8 Å². The molecule has 0 atom stereocenters. The molecule has 0 aliphatic carbocycles. The van der Waals surface area contributed by atoms with Crippen LogP contribution < -0.4 is 10.2 Å². The van der Waals surface area contributed by atoms with Gasteiger partial charge in [0.25, 0.3) is 0 Å². The molecular weight excluding hydrogens is 270 g/mol. The van der Waals surface area contributed by atoms with Crippen LogP contribution in [-0.4, -0.2) is 66.2 Å². The molecular formula is C14H21N5O2. The third-order valence-electron chi connectivity index (χ3n) is 3.82. The van der Waals surface area contributed by atoms with Gasteiger partial charge in [0.05, 0.1) is 19.3 Å². The highest BCUT2D eigenvalue weighted by molar-refractivity contribution is 5.74. The standard InChI is InChI=1S/C14H21N5O2/c1-10-7-13(16-12-8-19(9-12)11(2)20)17-14(15-10)18-3-5-21-6-4-18/h7,12H,3-6,8-9H2,1-2H3,(H,15,16,17). The number of morpholine rings is 1. The van der Waals surface area contributed by atoms with Crippen molar-refractivity contribution in [2.45, 2.75) is 19.9 Å². The van der Waals surface area contributed by atoms with E-state index in [0.29, 0.717) is 0 Å². The van der Waals surface area contributed by atoms with Gasteiger partial charge >= 0.3 is 0 Å². The molecule has 2 aliphatic heterocycles. The molecule has 0 aromatic carbocycles. The maximum atomic E-state index is 11.2. The van der Waals surface area contributed by atoms with Crippen LogP contribution in [0.25, 0.3) is 0 Å². The van der Waals surface area contributed by atoms with Gasteiger partial charge in [-0.2, -0.15) is 4.98 Å². The van der Waals surface area contributed by atoms with Crippen molar-refractivity contribution in [1.82, 2.24) is 14.9 Å². The fourth-order valence-corrected chi connectivity index (χ4v) is 2.57. The molecule has 0 radical (unpaired) electrons. The largest absolute Gasteiger partial charge is 0.378 e. The summed E-state index contributed by atoms with van der Waals surface area (Å²) in [5, 5.41) is 3.38. The summed E-state index contributed by atoms with van der Waals surface area (Å²) < 4.78 is 5.36. The third-order valence-corrected chi connectivity index (χ3v) is 3.82. The van der Waals surface area contributed by atoms with E-state index in [2.05, 4.69) is 20.2 Å². The first-order valence-corrected chi connectivity index (χ1v) is 7.32. The van der Waals surface area contributed by atoms with Gasteiger partial charge in [0.1, 0.15) is 5.82 Å². The second-order valence-corrected chi connectivity index (χ2v) is 5.56. The number of aromatic nitrogens is 2. The maximum absolute atomic E-state index is 11.2. The van der Waals surface area contributed by atoms with Crippen LogP contribution in [0.3, 0.4) is 0 Å². The van der Waals surface area contributed by atoms with Crippen molar-refractivity contribution in [3.63, 3.8) is 0 Å². The molecule has 7 nitrogen and oxygen atoms in total. The topological polar surface area (TPSA) is 70.6 Å². The van der Waals surface area contributed by atoms with Crippen LogP contribution >= 0.6 is 0 Å². The van der Waals surface area contributed by atoms with E-state index in [-0.39, 0.29) is 11.9 Å². The summed E-state index contributed by atoms with van der Waals surface area (Å²) in [6, 6.07) is 2.22. The number of aryl methyl sites for hydroxylation is 1. The summed E-state index contributed by atoms with van der Waals surface area (Å²) in [4.78, 5) is 24.3. The molecule has 7 heteroatoms. The summed E-state index contributed by atoms with van der Waals surface area (Å²) in [6.45, 7) is 8.14. The zero-order valence-corrected chi connectivity index (χ0v) is 12.5. The molecule has 0 unspecified atom stereocenters. The van der Waals surface area contributed by atoms with Crippen molar-refractivity contribution < 1.29 is 9.53 Å². The van der Waals surface area contributed by atoms with Crippen molar-refractivity contribution in [1.29, 1.82) is 0 Å². The first-order valence-electron chi connectivity index (χ1n) is 7.32. The van der Waals surface area contributed by atoms with E-state index in [0.717, 1.165) is 56.9 Å². The summed E-state index contributed by atoms with van der Waals surface area (Å²) in [5.41, 5.74) is 0.941. The highest BCUT2D eigenvalue weighted by Gasteiger charge is 2.28. The molecule has 2 fully saturated rings. The van der Waals surface area contributed by atoms with Crippen molar-refractivity contribution in [2.75, 3.05) is 49.6 Å². The summed E-state index contributed by atoms with van der Waals surface area (Å²) in [7, 11) is 0. The number of hydrogen-bond acceptors (Lipinski definition) is 6.